The molecule has 0 heterocycles. The number of rotatable bonds is 8. The van der Waals surface area contributed by atoms with E-state index < -0.39 is 0 Å². The highest BCUT2D eigenvalue weighted by atomic mass is 28.2. The molecule has 0 aliphatic carbocycles. The lowest BCUT2D eigenvalue weighted by molar-refractivity contribution is -0.139. The molecule has 0 N–H and O–H groups in total. The van der Waals surface area contributed by atoms with Crippen LogP contribution >= 0.6 is 0 Å². The summed E-state index contributed by atoms with van der Waals surface area (Å²) in [7, 11) is -0.378. The zero-order valence-corrected chi connectivity index (χ0v) is 10.6. The highest BCUT2D eigenvalue weighted by Gasteiger charge is 2.01. The van der Waals surface area contributed by atoms with E-state index in [0.717, 1.165) is 0 Å². The summed E-state index contributed by atoms with van der Waals surface area (Å²) >= 11 is 0. The first-order valence-electron chi connectivity index (χ1n) is 5.08. The Morgan fingerprint density at radius 3 is 2.71 bits per heavy atom. The summed E-state index contributed by atoms with van der Waals surface area (Å²) in [5.74, 6) is -0.330. The third-order valence-electron chi connectivity index (χ3n) is 1.70. The van der Waals surface area contributed by atoms with Crippen LogP contribution in [0.15, 0.2) is 12.2 Å². The smallest absolute Gasteiger partial charge is 0.333 e. The lowest BCUT2D eigenvalue weighted by Crippen LogP contribution is -2.12. The minimum absolute atomic E-state index is 0.330. The molecule has 14 heavy (non-hydrogen) atoms. The fourth-order valence-electron chi connectivity index (χ4n) is 0.873. The largest absolute Gasteiger partial charge is 0.460 e. The maximum Gasteiger partial charge on any atom is 0.333 e. The van der Waals surface area contributed by atoms with E-state index in [2.05, 4.69) is 13.5 Å². The molecule has 0 bridgehead atoms. The average Bonchev–Trinajstić information content (AvgIpc) is 2.16. The number of unbranched alkanes of at least 4 members (excludes halogenated alkanes) is 1. The third kappa shape index (κ3) is 8.01. The van der Waals surface area contributed by atoms with Gasteiger partial charge in [-0.1, -0.05) is 26.3 Å². The Balaban J connectivity index is 3.13. The number of hydrogen-bond acceptors (Lipinski definition) is 3. The first-order chi connectivity index (χ1) is 6.68. The van der Waals surface area contributed by atoms with Crippen molar-refractivity contribution >= 4 is 15.7 Å². The van der Waals surface area contributed by atoms with Crippen molar-refractivity contribution in [3.63, 3.8) is 0 Å². The summed E-state index contributed by atoms with van der Waals surface area (Å²) in [5.41, 5.74) is 0.438. The molecule has 0 aromatic rings. The van der Waals surface area contributed by atoms with E-state index in [1.165, 1.54) is 18.9 Å². The van der Waals surface area contributed by atoms with E-state index in [9.17, 15) is 4.79 Å². The van der Waals surface area contributed by atoms with Gasteiger partial charge in [-0.2, -0.15) is 0 Å². The maximum absolute atomic E-state index is 10.9. The summed E-state index contributed by atoms with van der Waals surface area (Å²) in [6.07, 6.45) is 2.47. The van der Waals surface area contributed by atoms with Gasteiger partial charge in [0.1, 0.15) is 6.61 Å². The van der Waals surface area contributed by atoms with Crippen molar-refractivity contribution < 1.29 is 14.0 Å². The van der Waals surface area contributed by atoms with Gasteiger partial charge in [0.05, 0.1) is 6.61 Å². The quantitative estimate of drug-likeness (QED) is 0.266. The van der Waals surface area contributed by atoms with Crippen LogP contribution in [0.2, 0.25) is 6.04 Å². The van der Waals surface area contributed by atoms with Crippen molar-refractivity contribution in [1.29, 1.82) is 0 Å². The topological polar surface area (TPSA) is 35.5 Å². The normalized spacial score (nSPS) is 10.7. The molecule has 0 radical (unpaired) electrons. The van der Waals surface area contributed by atoms with Crippen LogP contribution in [0.3, 0.4) is 0 Å². The van der Waals surface area contributed by atoms with E-state index in [-0.39, 0.29) is 15.7 Å². The van der Waals surface area contributed by atoms with Crippen molar-refractivity contribution in [2.45, 2.75) is 32.7 Å². The fourth-order valence-corrected chi connectivity index (χ4v) is 2.10. The lowest BCUT2D eigenvalue weighted by Gasteiger charge is -2.05. The molecule has 4 heteroatoms. The van der Waals surface area contributed by atoms with Crippen molar-refractivity contribution in [1.82, 2.24) is 0 Å². The second-order valence-electron chi connectivity index (χ2n) is 3.24. The van der Waals surface area contributed by atoms with E-state index in [0.29, 0.717) is 18.8 Å². The van der Waals surface area contributed by atoms with Crippen LogP contribution < -0.4 is 0 Å². The number of esters is 1. The molecule has 0 rings (SSSR count). The lowest BCUT2D eigenvalue weighted by atomic mass is 10.4. The minimum Gasteiger partial charge on any atom is -0.460 e. The Morgan fingerprint density at radius 1 is 1.43 bits per heavy atom. The minimum atomic E-state index is -0.378. The van der Waals surface area contributed by atoms with Gasteiger partial charge in [0.25, 0.3) is 0 Å². The van der Waals surface area contributed by atoms with E-state index in [1.54, 1.807) is 6.92 Å². The van der Waals surface area contributed by atoms with Crippen molar-refractivity contribution in [3.05, 3.63) is 12.2 Å². The highest BCUT2D eigenvalue weighted by Crippen LogP contribution is 1.94. The number of carbonyl (C=O) groups is 1. The van der Waals surface area contributed by atoms with Gasteiger partial charge < -0.3 is 9.16 Å². The predicted molar refractivity (Wildman–Crippen MR) is 60.0 cm³/mol. The Kier molecular flexibility index (Phi) is 8.57. The molecule has 82 valence electrons. The van der Waals surface area contributed by atoms with Crippen LogP contribution in [0.25, 0.3) is 0 Å². The predicted octanol–water partition coefficient (Wildman–Crippen LogP) is 1.42. The molecule has 0 aliphatic heterocycles. The molecule has 3 nitrogen and oxygen atoms in total. The van der Waals surface area contributed by atoms with Crippen LogP contribution in [0.5, 0.6) is 0 Å². The summed E-state index contributed by atoms with van der Waals surface area (Å²) < 4.78 is 10.3. The third-order valence-corrected chi connectivity index (χ3v) is 3.07. The van der Waals surface area contributed by atoms with Crippen molar-refractivity contribution in [3.8, 4) is 0 Å². The first kappa shape index (κ1) is 13.4. The van der Waals surface area contributed by atoms with E-state index in [1.807, 2.05) is 0 Å². The second kappa shape index (κ2) is 8.96. The molecule has 0 aromatic heterocycles. The van der Waals surface area contributed by atoms with E-state index in [4.69, 9.17) is 9.16 Å². The standard InChI is InChI=1S/C10H20O3Si/c1-4-5-8-14-13-7-6-12-10(11)9(2)3/h2,4-8,14H2,1,3H3. The molecule has 0 fully saturated rings. The Hall–Kier alpha value is -0.613. The van der Waals surface area contributed by atoms with Gasteiger partial charge in [-0.15, -0.1) is 0 Å². The van der Waals surface area contributed by atoms with Gasteiger partial charge in [-0.3, -0.25) is 0 Å². The molecular formula is C10H20O3Si. The van der Waals surface area contributed by atoms with E-state index >= 15 is 0 Å². The van der Waals surface area contributed by atoms with Gasteiger partial charge in [0.2, 0.25) is 0 Å². The van der Waals surface area contributed by atoms with Crippen LogP contribution in [-0.4, -0.2) is 28.9 Å². The Morgan fingerprint density at radius 2 is 2.14 bits per heavy atom. The summed E-state index contributed by atoms with van der Waals surface area (Å²) in [6.45, 7) is 8.18. The number of hydrogen-bond donors (Lipinski definition) is 0. The number of ether oxygens (including phenoxy) is 1. The van der Waals surface area contributed by atoms with Crippen molar-refractivity contribution in [2.24, 2.45) is 0 Å². The Labute approximate surface area is 88.4 Å². The highest BCUT2D eigenvalue weighted by molar-refractivity contribution is 6.26. The molecule has 0 spiro atoms. The average molecular weight is 216 g/mol. The van der Waals surface area contributed by atoms with Gasteiger partial charge >= 0.3 is 5.97 Å². The van der Waals surface area contributed by atoms with Gasteiger partial charge in [0.15, 0.2) is 9.76 Å². The summed E-state index contributed by atoms with van der Waals surface area (Å²) in [5, 5.41) is 0. The molecule has 0 saturated carbocycles. The molecule has 0 saturated heterocycles. The van der Waals surface area contributed by atoms with Gasteiger partial charge in [-0.05, 0) is 13.0 Å². The monoisotopic (exact) mass is 216 g/mol. The molecular weight excluding hydrogens is 196 g/mol. The molecule has 0 unspecified atom stereocenters. The Bertz CT molecular complexity index is 180. The van der Waals surface area contributed by atoms with Gasteiger partial charge in [-0.25, -0.2) is 4.79 Å². The van der Waals surface area contributed by atoms with Crippen molar-refractivity contribution in [2.75, 3.05) is 13.2 Å². The SMILES string of the molecule is C=C(C)C(=O)OCCO[SiH2]CCCC. The molecule has 0 amide bonds. The fraction of sp³-hybridized carbons (Fsp3) is 0.700. The summed E-state index contributed by atoms with van der Waals surface area (Å²) in [4.78, 5) is 10.9. The second-order valence-corrected chi connectivity index (χ2v) is 4.76. The first-order valence-corrected chi connectivity index (χ1v) is 6.66. The summed E-state index contributed by atoms with van der Waals surface area (Å²) in [6, 6.07) is 1.21. The molecule has 0 aliphatic rings. The van der Waals surface area contributed by atoms with Crippen LogP contribution in [0.1, 0.15) is 26.7 Å². The molecule has 0 atom stereocenters. The van der Waals surface area contributed by atoms with Crippen LogP contribution in [0, 0.1) is 0 Å². The maximum atomic E-state index is 10.9. The molecule has 0 aromatic carbocycles. The number of carbonyl (C=O) groups excluding carboxylic acids is 1. The zero-order chi connectivity index (χ0) is 10.8. The van der Waals surface area contributed by atoms with Gasteiger partial charge in [0, 0.05) is 5.57 Å². The zero-order valence-electron chi connectivity index (χ0n) is 9.17. The van der Waals surface area contributed by atoms with Crippen LogP contribution in [-0.2, 0) is 14.0 Å². The van der Waals surface area contributed by atoms with Crippen LogP contribution in [0.4, 0.5) is 0 Å².